The van der Waals surface area contributed by atoms with Crippen LogP contribution in [0.4, 0.5) is 0 Å². The third-order valence-electron chi connectivity index (χ3n) is 4.71. The first-order valence-electron chi connectivity index (χ1n) is 8.87. The lowest BCUT2D eigenvalue weighted by Crippen LogP contribution is -1.96. The smallest absolute Gasteiger partial charge is 0.203 e. The SMILES string of the molecule is COc1cc(-c2ccc3nnc(-c4ccc(C)cc4)n3c2)cc(OC)c1OC. The molecular weight excluding hydrogens is 354 g/mol. The molecule has 0 aliphatic heterocycles. The van der Waals surface area contributed by atoms with Gasteiger partial charge in [0.25, 0.3) is 0 Å². The number of benzene rings is 2. The minimum absolute atomic E-state index is 0.569. The summed E-state index contributed by atoms with van der Waals surface area (Å²) in [5, 5.41) is 8.66. The van der Waals surface area contributed by atoms with E-state index in [9.17, 15) is 0 Å². The Hall–Kier alpha value is -3.54. The van der Waals surface area contributed by atoms with E-state index < -0.39 is 0 Å². The van der Waals surface area contributed by atoms with Gasteiger partial charge in [0.1, 0.15) is 0 Å². The van der Waals surface area contributed by atoms with E-state index in [-0.39, 0.29) is 0 Å². The van der Waals surface area contributed by atoms with Gasteiger partial charge in [-0.05, 0) is 42.3 Å². The zero-order chi connectivity index (χ0) is 19.7. The maximum absolute atomic E-state index is 5.48. The standard InChI is InChI=1S/C22H21N3O3/c1-14-5-7-15(8-6-14)22-24-23-20-10-9-16(13-25(20)22)17-11-18(26-2)21(28-4)19(12-17)27-3/h5-13H,1-4H3. The predicted octanol–water partition coefficient (Wildman–Crippen LogP) is 4.40. The molecule has 0 radical (unpaired) electrons. The molecule has 0 amide bonds. The molecule has 0 aliphatic rings. The highest BCUT2D eigenvalue weighted by Gasteiger charge is 2.15. The average molecular weight is 375 g/mol. The van der Waals surface area contributed by atoms with Gasteiger partial charge in [0, 0.05) is 11.8 Å². The van der Waals surface area contributed by atoms with Crippen LogP contribution in [-0.2, 0) is 0 Å². The lowest BCUT2D eigenvalue weighted by molar-refractivity contribution is 0.324. The molecule has 0 aliphatic carbocycles. The molecule has 0 atom stereocenters. The van der Waals surface area contributed by atoms with E-state index in [1.54, 1.807) is 21.3 Å². The van der Waals surface area contributed by atoms with Gasteiger partial charge in [0.2, 0.25) is 5.75 Å². The van der Waals surface area contributed by atoms with Gasteiger partial charge in [0.15, 0.2) is 23.0 Å². The van der Waals surface area contributed by atoms with Crippen molar-refractivity contribution in [2.75, 3.05) is 21.3 Å². The highest BCUT2D eigenvalue weighted by Crippen LogP contribution is 2.41. The zero-order valence-corrected chi connectivity index (χ0v) is 16.3. The van der Waals surface area contributed by atoms with Crippen LogP contribution in [0.25, 0.3) is 28.2 Å². The first-order chi connectivity index (χ1) is 13.6. The number of nitrogens with zero attached hydrogens (tertiary/aromatic N) is 3. The third-order valence-corrected chi connectivity index (χ3v) is 4.71. The summed E-state index contributed by atoms with van der Waals surface area (Å²) in [6, 6.07) is 16.1. The van der Waals surface area contributed by atoms with Gasteiger partial charge in [0.05, 0.1) is 21.3 Å². The van der Waals surface area contributed by atoms with Gasteiger partial charge >= 0.3 is 0 Å². The molecule has 0 bridgehead atoms. The van der Waals surface area contributed by atoms with Crippen molar-refractivity contribution in [3.63, 3.8) is 0 Å². The molecular formula is C22H21N3O3. The molecule has 6 nitrogen and oxygen atoms in total. The average Bonchev–Trinajstić information content (AvgIpc) is 3.16. The molecule has 142 valence electrons. The lowest BCUT2D eigenvalue weighted by atomic mass is 10.1. The zero-order valence-electron chi connectivity index (χ0n) is 16.3. The molecule has 4 rings (SSSR count). The maximum atomic E-state index is 5.48. The van der Waals surface area contributed by atoms with Crippen molar-refractivity contribution in [2.45, 2.75) is 6.92 Å². The topological polar surface area (TPSA) is 57.9 Å². The normalized spacial score (nSPS) is 10.9. The van der Waals surface area contributed by atoms with Crippen molar-refractivity contribution >= 4 is 5.65 Å². The van der Waals surface area contributed by atoms with Gasteiger partial charge in [-0.25, -0.2) is 0 Å². The second kappa shape index (κ2) is 7.23. The van der Waals surface area contributed by atoms with Crippen LogP contribution in [-0.4, -0.2) is 35.9 Å². The summed E-state index contributed by atoms with van der Waals surface area (Å²) in [7, 11) is 4.82. The number of rotatable bonds is 5. The molecule has 0 saturated carbocycles. The first kappa shape index (κ1) is 17.9. The Kier molecular flexibility index (Phi) is 4.61. The van der Waals surface area contributed by atoms with Crippen molar-refractivity contribution < 1.29 is 14.2 Å². The number of hydrogen-bond donors (Lipinski definition) is 0. The summed E-state index contributed by atoms with van der Waals surface area (Å²) >= 11 is 0. The third kappa shape index (κ3) is 3.03. The summed E-state index contributed by atoms with van der Waals surface area (Å²) in [6.07, 6.45) is 2.02. The summed E-state index contributed by atoms with van der Waals surface area (Å²) in [5.74, 6) is 2.59. The van der Waals surface area contributed by atoms with Crippen LogP contribution in [0.2, 0.25) is 0 Å². The number of aromatic nitrogens is 3. The largest absolute Gasteiger partial charge is 0.493 e. The fourth-order valence-electron chi connectivity index (χ4n) is 3.21. The van der Waals surface area contributed by atoms with Crippen molar-refractivity contribution in [1.29, 1.82) is 0 Å². The second-order valence-electron chi connectivity index (χ2n) is 6.45. The van der Waals surface area contributed by atoms with E-state index in [1.165, 1.54) is 5.56 Å². The Morgan fingerprint density at radius 1 is 0.714 bits per heavy atom. The van der Waals surface area contributed by atoms with E-state index in [4.69, 9.17) is 14.2 Å². The maximum Gasteiger partial charge on any atom is 0.203 e. The molecule has 6 heteroatoms. The number of ether oxygens (including phenoxy) is 3. The number of hydrogen-bond acceptors (Lipinski definition) is 5. The molecule has 0 spiro atoms. The monoisotopic (exact) mass is 375 g/mol. The van der Waals surface area contributed by atoms with Crippen LogP contribution in [0.15, 0.2) is 54.7 Å². The van der Waals surface area contributed by atoms with Crippen molar-refractivity contribution in [1.82, 2.24) is 14.6 Å². The molecule has 0 fully saturated rings. The van der Waals surface area contributed by atoms with Crippen LogP contribution < -0.4 is 14.2 Å². The Morgan fingerprint density at radius 3 is 1.96 bits per heavy atom. The van der Waals surface area contributed by atoms with Gasteiger partial charge in [-0.15, -0.1) is 10.2 Å². The van der Waals surface area contributed by atoms with Crippen LogP contribution >= 0.6 is 0 Å². The highest BCUT2D eigenvalue weighted by atomic mass is 16.5. The predicted molar refractivity (Wildman–Crippen MR) is 108 cm³/mol. The van der Waals surface area contributed by atoms with Crippen LogP contribution in [0, 0.1) is 6.92 Å². The van der Waals surface area contributed by atoms with Crippen LogP contribution in [0.3, 0.4) is 0 Å². The molecule has 2 heterocycles. The summed E-state index contributed by atoms with van der Waals surface area (Å²) in [4.78, 5) is 0. The number of aryl methyl sites for hydroxylation is 1. The fourth-order valence-corrected chi connectivity index (χ4v) is 3.21. The Balaban J connectivity index is 1.86. The molecule has 0 unspecified atom stereocenters. The first-order valence-corrected chi connectivity index (χ1v) is 8.87. The summed E-state index contributed by atoms with van der Waals surface area (Å²) in [6.45, 7) is 2.06. The molecule has 0 N–H and O–H groups in total. The Labute approximate surface area is 163 Å². The minimum atomic E-state index is 0.569. The van der Waals surface area contributed by atoms with E-state index in [2.05, 4.69) is 41.4 Å². The van der Waals surface area contributed by atoms with Crippen LogP contribution in [0.1, 0.15) is 5.56 Å². The summed E-state index contributed by atoms with van der Waals surface area (Å²) < 4.78 is 18.4. The lowest BCUT2D eigenvalue weighted by Gasteiger charge is -2.14. The Morgan fingerprint density at radius 2 is 1.36 bits per heavy atom. The Bertz CT molecular complexity index is 1110. The van der Waals surface area contributed by atoms with E-state index >= 15 is 0 Å². The molecule has 4 aromatic rings. The van der Waals surface area contributed by atoms with E-state index in [1.807, 2.05) is 34.9 Å². The molecule has 2 aromatic carbocycles. The molecule has 2 aromatic heterocycles. The number of pyridine rings is 1. The van der Waals surface area contributed by atoms with Gasteiger partial charge in [-0.1, -0.05) is 29.8 Å². The van der Waals surface area contributed by atoms with Gasteiger partial charge < -0.3 is 14.2 Å². The van der Waals surface area contributed by atoms with E-state index in [0.29, 0.717) is 17.2 Å². The van der Waals surface area contributed by atoms with Crippen molar-refractivity contribution in [2.24, 2.45) is 0 Å². The minimum Gasteiger partial charge on any atom is -0.493 e. The number of methoxy groups -OCH3 is 3. The summed E-state index contributed by atoms with van der Waals surface area (Å²) in [5.41, 5.74) is 4.93. The highest BCUT2D eigenvalue weighted by molar-refractivity contribution is 5.72. The van der Waals surface area contributed by atoms with E-state index in [0.717, 1.165) is 28.2 Å². The van der Waals surface area contributed by atoms with Gasteiger partial charge in [-0.2, -0.15) is 0 Å². The van der Waals surface area contributed by atoms with Crippen molar-refractivity contribution in [3.05, 3.63) is 60.3 Å². The second-order valence-corrected chi connectivity index (χ2v) is 6.45. The molecule has 28 heavy (non-hydrogen) atoms. The fraction of sp³-hybridized carbons (Fsp3) is 0.182. The molecule has 0 saturated heterocycles. The van der Waals surface area contributed by atoms with Crippen LogP contribution in [0.5, 0.6) is 17.2 Å². The van der Waals surface area contributed by atoms with Gasteiger partial charge in [-0.3, -0.25) is 4.40 Å². The number of fused-ring (bicyclic) bond motifs is 1. The quantitative estimate of drug-likeness (QED) is 0.518. The van der Waals surface area contributed by atoms with Crippen molar-refractivity contribution in [3.8, 4) is 39.8 Å².